The molecule has 17 heavy (non-hydrogen) atoms. The fourth-order valence-electron chi connectivity index (χ4n) is 2.37. The van der Waals surface area contributed by atoms with Gasteiger partial charge in [0.15, 0.2) is 0 Å². The average Bonchev–Trinajstić information content (AvgIpc) is 2.90. The molecule has 1 aromatic heterocycles. The maximum atomic E-state index is 4.35. The van der Waals surface area contributed by atoms with Crippen LogP contribution in [0.2, 0.25) is 0 Å². The Balaban J connectivity index is 1.73. The summed E-state index contributed by atoms with van der Waals surface area (Å²) in [5, 5.41) is 6.82. The molecule has 0 saturated carbocycles. The second-order valence-corrected chi connectivity index (χ2v) is 5.87. The molecule has 2 unspecified atom stereocenters. The largest absolute Gasteiger partial charge is 0.307 e. The number of rotatable bonds is 5. The molecule has 1 fully saturated rings. The van der Waals surface area contributed by atoms with E-state index in [1.807, 2.05) is 11.6 Å². The van der Waals surface area contributed by atoms with Crippen LogP contribution in [-0.2, 0) is 0 Å². The smallest absolute Gasteiger partial charge is 0.109 e. The molecule has 1 aliphatic rings. The van der Waals surface area contributed by atoms with Crippen molar-refractivity contribution in [2.45, 2.75) is 45.2 Å². The Morgan fingerprint density at radius 1 is 1.35 bits per heavy atom. The minimum Gasteiger partial charge on any atom is -0.307 e. The van der Waals surface area contributed by atoms with Crippen LogP contribution in [-0.4, -0.2) is 35.6 Å². The first-order chi connectivity index (χ1) is 8.27. The summed E-state index contributed by atoms with van der Waals surface area (Å²) in [5.74, 6) is 0. The number of thiazole rings is 1. The molecule has 2 rings (SSSR count). The van der Waals surface area contributed by atoms with E-state index in [4.69, 9.17) is 0 Å². The van der Waals surface area contributed by atoms with E-state index in [1.165, 1.54) is 37.4 Å². The molecule has 3 nitrogen and oxygen atoms in total. The number of hydrogen-bond donors (Lipinski definition) is 1. The van der Waals surface area contributed by atoms with E-state index in [1.54, 1.807) is 11.3 Å². The highest BCUT2D eigenvalue weighted by atomic mass is 32.1. The first kappa shape index (κ1) is 13.0. The summed E-state index contributed by atoms with van der Waals surface area (Å²) in [5.41, 5.74) is 0. The molecule has 1 N–H and O–H groups in total. The quantitative estimate of drug-likeness (QED) is 0.874. The van der Waals surface area contributed by atoms with Crippen LogP contribution in [0.25, 0.3) is 0 Å². The number of hydrogen-bond acceptors (Lipinski definition) is 4. The maximum Gasteiger partial charge on any atom is 0.109 e. The lowest BCUT2D eigenvalue weighted by atomic mass is 10.1. The fraction of sp³-hybridized carbons (Fsp3) is 0.769. The Bertz CT molecular complexity index is 306. The summed E-state index contributed by atoms with van der Waals surface area (Å²) in [4.78, 5) is 6.95. The summed E-state index contributed by atoms with van der Waals surface area (Å²) in [6.07, 6.45) is 6.02. The van der Waals surface area contributed by atoms with Gasteiger partial charge in [-0.25, -0.2) is 4.98 Å². The molecule has 0 spiro atoms. The molecule has 0 bridgehead atoms. The molecule has 4 heteroatoms. The van der Waals surface area contributed by atoms with Crippen molar-refractivity contribution in [3.8, 4) is 0 Å². The number of nitrogens with one attached hydrogen (secondary N) is 1. The predicted molar refractivity (Wildman–Crippen MR) is 73.4 cm³/mol. The predicted octanol–water partition coefficient (Wildman–Crippen LogP) is 2.67. The average molecular weight is 253 g/mol. The number of piperidine rings is 1. The normalized spacial score (nSPS) is 21.3. The van der Waals surface area contributed by atoms with E-state index in [2.05, 4.69) is 29.0 Å². The van der Waals surface area contributed by atoms with Crippen molar-refractivity contribution in [2.24, 2.45) is 0 Å². The van der Waals surface area contributed by atoms with Gasteiger partial charge in [0.25, 0.3) is 0 Å². The fourth-order valence-corrected chi connectivity index (χ4v) is 3.04. The molecule has 0 aliphatic carbocycles. The second kappa shape index (κ2) is 6.47. The van der Waals surface area contributed by atoms with E-state index >= 15 is 0 Å². The number of aromatic nitrogens is 1. The van der Waals surface area contributed by atoms with Gasteiger partial charge in [0.2, 0.25) is 0 Å². The molecule has 1 aromatic rings. The highest BCUT2D eigenvalue weighted by Gasteiger charge is 2.17. The van der Waals surface area contributed by atoms with Gasteiger partial charge in [-0.1, -0.05) is 6.42 Å². The number of likely N-dealkylation sites (tertiary alicyclic amines) is 1. The Kier molecular flexibility index (Phi) is 4.95. The van der Waals surface area contributed by atoms with Gasteiger partial charge in [-0.3, -0.25) is 4.90 Å². The van der Waals surface area contributed by atoms with Crippen LogP contribution in [0.5, 0.6) is 0 Å². The Morgan fingerprint density at radius 3 is 2.76 bits per heavy atom. The third-order valence-electron chi connectivity index (χ3n) is 3.56. The lowest BCUT2D eigenvalue weighted by Crippen LogP contribution is -2.43. The summed E-state index contributed by atoms with van der Waals surface area (Å²) in [6.45, 7) is 8.12. The lowest BCUT2D eigenvalue weighted by Gasteiger charge is -2.33. The summed E-state index contributed by atoms with van der Waals surface area (Å²) in [6, 6.07) is 1.01. The van der Waals surface area contributed by atoms with Gasteiger partial charge in [-0.15, -0.1) is 11.3 Å². The Hall–Kier alpha value is -0.450. The zero-order valence-corrected chi connectivity index (χ0v) is 11.7. The Labute approximate surface area is 108 Å². The van der Waals surface area contributed by atoms with Gasteiger partial charge in [0.1, 0.15) is 5.01 Å². The molecule has 0 aromatic carbocycles. The zero-order chi connectivity index (χ0) is 12.1. The summed E-state index contributed by atoms with van der Waals surface area (Å²) in [7, 11) is 0. The van der Waals surface area contributed by atoms with Gasteiger partial charge in [0, 0.05) is 24.2 Å². The Morgan fingerprint density at radius 2 is 2.12 bits per heavy atom. The molecule has 96 valence electrons. The molecule has 0 amide bonds. The van der Waals surface area contributed by atoms with Crippen LogP contribution in [0.3, 0.4) is 0 Å². The maximum absolute atomic E-state index is 4.35. The van der Waals surface area contributed by atoms with Crippen molar-refractivity contribution < 1.29 is 0 Å². The van der Waals surface area contributed by atoms with Crippen molar-refractivity contribution in [1.29, 1.82) is 0 Å². The number of nitrogens with zero attached hydrogens (tertiary/aromatic N) is 2. The van der Waals surface area contributed by atoms with Crippen LogP contribution >= 0.6 is 11.3 Å². The van der Waals surface area contributed by atoms with Crippen LogP contribution < -0.4 is 5.32 Å². The van der Waals surface area contributed by atoms with Crippen molar-refractivity contribution in [3.05, 3.63) is 16.6 Å². The van der Waals surface area contributed by atoms with E-state index in [9.17, 15) is 0 Å². The van der Waals surface area contributed by atoms with Crippen LogP contribution in [0, 0.1) is 0 Å². The first-order valence-electron chi connectivity index (χ1n) is 6.64. The highest BCUT2D eigenvalue weighted by molar-refractivity contribution is 7.09. The van der Waals surface area contributed by atoms with Crippen molar-refractivity contribution >= 4 is 11.3 Å². The van der Waals surface area contributed by atoms with E-state index in [0.717, 1.165) is 6.54 Å². The topological polar surface area (TPSA) is 28.2 Å². The standard InChI is InChI=1S/C13H23N3S/c1-11(16-7-4-3-5-8-16)10-15-12(2)13-14-6-9-17-13/h6,9,11-12,15H,3-5,7-8,10H2,1-2H3. The summed E-state index contributed by atoms with van der Waals surface area (Å²) < 4.78 is 0. The molecule has 2 atom stereocenters. The third kappa shape index (κ3) is 3.76. The van der Waals surface area contributed by atoms with Crippen molar-refractivity contribution in [2.75, 3.05) is 19.6 Å². The van der Waals surface area contributed by atoms with Gasteiger partial charge >= 0.3 is 0 Å². The van der Waals surface area contributed by atoms with Crippen LogP contribution in [0.1, 0.15) is 44.2 Å². The lowest BCUT2D eigenvalue weighted by molar-refractivity contribution is 0.168. The third-order valence-corrected chi connectivity index (χ3v) is 4.51. The zero-order valence-electron chi connectivity index (χ0n) is 10.9. The monoisotopic (exact) mass is 253 g/mol. The van der Waals surface area contributed by atoms with Gasteiger partial charge in [-0.2, -0.15) is 0 Å². The summed E-state index contributed by atoms with van der Waals surface area (Å²) >= 11 is 1.73. The van der Waals surface area contributed by atoms with Crippen LogP contribution in [0.15, 0.2) is 11.6 Å². The minimum atomic E-state index is 0.377. The van der Waals surface area contributed by atoms with E-state index in [0.29, 0.717) is 12.1 Å². The molecular weight excluding hydrogens is 230 g/mol. The highest BCUT2D eigenvalue weighted by Crippen LogP contribution is 2.16. The van der Waals surface area contributed by atoms with Crippen molar-refractivity contribution in [1.82, 2.24) is 15.2 Å². The molecule has 1 aliphatic heterocycles. The minimum absolute atomic E-state index is 0.377. The van der Waals surface area contributed by atoms with Gasteiger partial charge in [0.05, 0.1) is 6.04 Å². The SMILES string of the molecule is CC(NCC(C)N1CCCCC1)c1nccs1. The van der Waals surface area contributed by atoms with Crippen LogP contribution in [0.4, 0.5) is 0 Å². The van der Waals surface area contributed by atoms with E-state index < -0.39 is 0 Å². The molecule has 1 saturated heterocycles. The second-order valence-electron chi connectivity index (χ2n) is 4.95. The molecule has 2 heterocycles. The van der Waals surface area contributed by atoms with E-state index in [-0.39, 0.29) is 0 Å². The van der Waals surface area contributed by atoms with Gasteiger partial charge in [-0.05, 0) is 39.8 Å². The van der Waals surface area contributed by atoms with Crippen molar-refractivity contribution in [3.63, 3.8) is 0 Å². The first-order valence-corrected chi connectivity index (χ1v) is 7.52. The molecular formula is C13H23N3S. The van der Waals surface area contributed by atoms with Gasteiger partial charge < -0.3 is 5.32 Å². The molecule has 0 radical (unpaired) electrons.